The van der Waals surface area contributed by atoms with Crippen LogP contribution in [-0.2, 0) is 13.0 Å². The summed E-state index contributed by atoms with van der Waals surface area (Å²) in [5.74, 6) is 0.593. The van der Waals surface area contributed by atoms with Gasteiger partial charge in [0.25, 0.3) is 5.91 Å². The van der Waals surface area contributed by atoms with Crippen LogP contribution < -0.4 is 5.32 Å². The third-order valence-corrected chi connectivity index (χ3v) is 7.17. The van der Waals surface area contributed by atoms with E-state index in [-0.39, 0.29) is 5.91 Å². The second-order valence-electron chi connectivity index (χ2n) is 9.41. The Labute approximate surface area is 198 Å². The lowest BCUT2D eigenvalue weighted by molar-refractivity contribution is 0.0727. The molecule has 1 saturated heterocycles. The van der Waals surface area contributed by atoms with E-state index in [9.17, 15) is 4.79 Å². The first-order valence-corrected chi connectivity index (χ1v) is 12.0. The molecule has 2 aliphatic heterocycles. The topological polar surface area (TPSA) is 86.8 Å². The number of hydrogen-bond donors (Lipinski definition) is 2. The van der Waals surface area contributed by atoms with Crippen LogP contribution in [0.3, 0.4) is 0 Å². The van der Waals surface area contributed by atoms with Crippen molar-refractivity contribution >= 4 is 16.9 Å². The first-order chi connectivity index (χ1) is 16.6. The van der Waals surface area contributed by atoms with Gasteiger partial charge in [0.2, 0.25) is 0 Å². The molecule has 0 radical (unpaired) electrons. The fraction of sp³-hybridized carbons (Fsp3) is 0.333. The smallest absolute Gasteiger partial charge is 0.272 e. The number of amides is 1. The quantitative estimate of drug-likeness (QED) is 0.485. The average Bonchev–Trinajstić information content (AvgIpc) is 3.53. The minimum absolute atomic E-state index is 0.0249. The van der Waals surface area contributed by atoms with Crippen LogP contribution >= 0.6 is 0 Å². The largest absolute Gasteiger partial charge is 0.346 e. The number of carbonyl (C=O) groups excluding carboxylic acids is 1. The Balaban J connectivity index is 1.40. The number of carbonyl (C=O) groups is 1. The maximum atomic E-state index is 13.2. The monoisotopic (exact) mass is 452 g/mol. The summed E-state index contributed by atoms with van der Waals surface area (Å²) in [6, 6.07) is 8.87. The summed E-state index contributed by atoms with van der Waals surface area (Å²) in [6.07, 6.45) is 8.74. The zero-order valence-corrected chi connectivity index (χ0v) is 19.6. The molecule has 0 spiro atoms. The molecule has 1 aromatic carbocycles. The first kappa shape index (κ1) is 21.0. The molecule has 0 saturated carbocycles. The lowest BCUT2D eigenvalue weighted by Crippen LogP contribution is -2.37. The van der Waals surface area contributed by atoms with Gasteiger partial charge in [0.1, 0.15) is 17.2 Å². The lowest BCUT2D eigenvalue weighted by atomic mass is 9.87. The molecular weight excluding hydrogens is 424 g/mol. The summed E-state index contributed by atoms with van der Waals surface area (Å²) in [7, 11) is 0. The molecule has 2 N–H and O–H groups in total. The molecule has 2 aliphatic rings. The number of aryl methyl sites for hydroxylation is 2. The Kier molecular flexibility index (Phi) is 5.14. The van der Waals surface area contributed by atoms with Crippen molar-refractivity contribution in [3.63, 3.8) is 0 Å². The van der Waals surface area contributed by atoms with Gasteiger partial charge in [0.05, 0.1) is 0 Å². The van der Waals surface area contributed by atoms with Crippen LogP contribution in [0, 0.1) is 13.8 Å². The van der Waals surface area contributed by atoms with Crippen molar-refractivity contribution < 1.29 is 4.79 Å². The number of hydrogen-bond acceptors (Lipinski definition) is 5. The fourth-order valence-corrected chi connectivity index (χ4v) is 5.33. The van der Waals surface area contributed by atoms with Gasteiger partial charge in [-0.15, -0.1) is 0 Å². The molecule has 1 amide bonds. The van der Waals surface area contributed by atoms with Gasteiger partial charge in [0.15, 0.2) is 0 Å². The molecule has 1 fully saturated rings. The van der Waals surface area contributed by atoms with Crippen molar-refractivity contribution in [1.82, 2.24) is 30.2 Å². The predicted molar refractivity (Wildman–Crippen MR) is 131 cm³/mol. The van der Waals surface area contributed by atoms with Gasteiger partial charge in [-0.1, -0.05) is 6.07 Å². The minimum atomic E-state index is -0.0249. The number of aromatic nitrogens is 4. The summed E-state index contributed by atoms with van der Waals surface area (Å²) in [6.45, 7) is 6.25. The number of fused-ring (bicyclic) bond motifs is 2. The van der Waals surface area contributed by atoms with E-state index >= 15 is 0 Å². The third kappa shape index (κ3) is 3.66. The molecule has 4 aromatic rings. The van der Waals surface area contributed by atoms with Gasteiger partial charge in [-0.2, -0.15) is 0 Å². The second kappa shape index (κ2) is 8.33. The third-order valence-electron chi connectivity index (χ3n) is 7.17. The van der Waals surface area contributed by atoms with Crippen molar-refractivity contribution in [2.24, 2.45) is 0 Å². The number of rotatable bonds is 3. The van der Waals surface area contributed by atoms with E-state index in [0.717, 1.165) is 36.0 Å². The normalized spacial score (nSPS) is 17.8. The summed E-state index contributed by atoms with van der Waals surface area (Å²) in [5.41, 5.74) is 8.84. The Hall–Kier alpha value is -3.58. The molecule has 6 rings (SSSR count). The highest BCUT2D eigenvalue weighted by molar-refractivity contribution is 5.92. The molecular formula is C27H28N6O. The molecule has 7 heteroatoms. The van der Waals surface area contributed by atoms with Crippen LogP contribution in [0.2, 0.25) is 0 Å². The van der Waals surface area contributed by atoms with E-state index in [4.69, 9.17) is 0 Å². The molecule has 34 heavy (non-hydrogen) atoms. The van der Waals surface area contributed by atoms with Gasteiger partial charge < -0.3 is 15.2 Å². The summed E-state index contributed by atoms with van der Waals surface area (Å²) >= 11 is 0. The van der Waals surface area contributed by atoms with E-state index in [1.165, 1.54) is 34.2 Å². The maximum absolute atomic E-state index is 13.2. The molecule has 1 unspecified atom stereocenters. The van der Waals surface area contributed by atoms with Crippen LogP contribution in [0.15, 0.2) is 42.9 Å². The van der Waals surface area contributed by atoms with Crippen LogP contribution in [0.25, 0.3) is 22.2 Å². The van der Waals surface area contributed by atoms with E-state index in [2.05, 4.69) is 50.4 Å². The Morgan fingerprint density at radius 2 is 2.06 bits per heavy atom. The summed E-state index contributed by atoms with van der Waals surface area (Å²) < 4.78 is 0. The standard InChI is InChI=1S/C27H28N6O/c1-16-13-30-26-21(16)12-20(14-31-26)19-10-18-6-9-33(27(34)25-5-8-28-17(2)32-25)15-23(18)22(11-19)24-4-3-7-29-24/h5,8,10-14,24,29H,3-4,6-7,9,15H2,1-2H3,(H,30,31). The van der Waals surface area contributed by atoms with Crippen molar-refractivity contribution in [1.29, 1.82) is 0 Å². The van der Waals surface area contributed by atoms with Crippen molar-refractivity contribution in [3.8, 4) is 11.1 Å². The van der Waals surface area contributed by atoms with Gasteiger partial charge in [-0.25, -0.2) is 15.0 Å². The van der Waals surface area contributed by atoms with Crippen LogP contribution in [-0.4, -0.2) is 43.8 Å². The van der Waals surface area contributed by atoms with Gasteiger partial charge in [0, 0.05) is 48.7 Å². The fourth-order valence-electron chi connectivity index (χ4n) is 5.33. The number of benzene rings is 1. The average molecular weight is 453 g/mol. The van der Waals surface area contributed by atoms with Gasteiger partial charge in [-0.3, -0.25) is 4.79 Å². The first-order valence-electron chi connectivity index (χ1n) is 12.0. The van der Waals surface area contributed by atoms with Gasteiger partial charge >= 0.3 is 0 Å². The van der Waals surface area contributed by atoms with Crippen molar-refractivity contribution in [2.75, 3.05) is 13.1 Å². The number of nitrogens with zero attached hydrogens (tertiary/aromatic N) is 4. The van der Waals surface area contributed by atoms with Crippen LogP contribution in [0.1, 0.15) is 57.5 Å². The van der Waals surface area contributed by atoms with E-state index in [1.54, 1.807) is 12.3 Å². The Bertz CT molecular complexity index is 1400. The van der Waals surface area contributed by atoms with Gasteiger partial charge in [-0.05, 0) is 85.7 Å². The molecule has 5 heterocycles. The highest BCUT2D eigenvalue weighted by atomic mass is 16.2. The number of pyridine rings is 1. The van der Waals surface area contributed by atoms with Crippen LogP contribution in [0.5, 0.6) is 0 Å². The SMILES string of the molecule is Cc1nccc(C(=O)N2CCc3cc(-c4cnc5[nH]cc(C)c5c4)cc(C4CCCN4)c3C2)n1. The maximum Gasteiger partial charge on any atom is 0.272 e. The van der Waals surface area contributed by atoms with Crippen molar-refractivity contribution in [3.05, 3.63) is 76.6 Å². The van der Waals surface area contributed by atoms with Crippen molar-refractivity contribution in [2.45, 2.75) is 45.7 Å². The Morgan fingerprint density at radius 1 is 1.15 bits per heavy atom. The molecule has 0 bridgehead atoms. The Morgan fingerprint density at radius 3 is 2.88 bits per heavy atom. The molecule has 1 atom stereocenters. The summed E-state index contributed by atoms with van der Waals surface area (Å²) in [4.78, 5) is 31.5. The number of H-pyrrole nitrogens is 1. The predicted octanol–water partition coefficient (Wildman–Crippen LogP) is 4.26. The molecule has 7 nitrogen and oxygen atoms in total. The highest BCUT2D eigenvalue weighted by Crippen LogP contribution is 2.36. The molecule has 0 aliphatic carbocycles. The van der Waals surface area contributed by atoms with E-state index in [1.807, 2.05) is 24.2 Å². The number of nitrogens with one attached hydrogen (secondary N) is 2. The zero-order valence-electron chi connectivity index (χ0n) is 19.6. The zero-order chi connectivity index (χ0) is 23.2. The molecule has 172 valence electrons. The summed E-state index contributed by atoms with van der Waals surface area (Å²) in [5, 5.41) is 4.83. The van der Waals surface area contributed by atoms with E-state index < -0.39 is 0 Å². The lowest BCUT2D eigenvalue weighted by Gasteiger charge is -2.32. The van der Waals surface area contributed by atoms with E-state index in [0.29, 0.717) is 30.6 Å². The van der Waals surface area contributed by atoms with Crippen LogP contribution in [0.4, 0.5) is 0 Å². The second-order valence-corrected chi connectivity index (χ2v) is 9.41. The minimum Gasteiger partial charge on any atom is -0.346 e. The highest BCUT2D eigenvalue weighted by Gasteiger charge is 2.29. The molecule has 3 aromatic heterocycles. The number of aromatic amines is 1.